The molecule has 9 nitrogen and oxygen atoms in total. The monoisotopic (exact) mass is 502 g/mol. The van der Waals surface area contributed by atoms with E-state index in [9.17, 15) is 14.7 Å². The van der Waals surface area contributed by atoms with Crippen molar-refractivity contribution in [1.82, 2.24) is 15.2 Å². The Morgan fingerprint density at radius 1 is 1.11 bits per heavy atom. The Balaban J connectivity index is 1.32. The first-order valence-corrected chi connectivity index (χ1v) is 12.3. The molecule has 0 unspecified atom stereocenters. The summed E-state index contributed by atoms with van der Waals surface area (Å²) in [5.41, 5.74) is 1.73. The molecule has 2 saturated heterocycles. The number of rotatable bonds is 6. The molecular formula is C25H31ClN4O5. The van der Waals surface area contributed by atoms with Crippen molar-refractivity contribution in [3.05, 3.63) is 59.4 Å². The highest BCUT2D eigenvalue weighted by molar-refractivity contribution is 6.30. The number of nitrogens with one attached hydrogen (secondary N) is 2. The zero-order valence-corrected chi connectivity index (χ0v) is 20.2. The number of halogens is 1. The van der Waals surface area contributed by atoms with Crippen LogP contribution in [-0.2, 0) is 20.7 Å². The topological polar surface area (TPSA) is 113 Å². The molecule has 0 spiro atoms. The molecule has 10 heteroatoms. The van der Waals surface area contributed by atoms with E-state index in [0.29, 0.717) is 30.1 Å². The fourth-order valence-corrected chi connectivity index (χ4v) is 4.60. The zero-order valence-electron chi connectivity index (χ0n) is 19.4. The summed E-state index contributed by atoms with van der Waals surface area (Å²) in [5, 5.41) is 16.7. The third kappa shape index (κ3) is 7.38. The number of pyridine rings is 1. The summed E-state index contributed by atoms with van der Waals surface area (Å²) in [6.07, 6.45) is 4.28. The number of hydrogen-bond donors (Lipinski definition) is 3. The lowest BCUT2D eigenvalue weighted by Crippen LogP contribution is -2.58. The lowest BCUT2D eigenvalue weighted by Gasteiger charge is -2.44. The molecule has 1 aromatic heterocycles. The van der Waals surface area contributed by atoms with Crippen molar-refractivity contribution in [2.45, 2.75) is 50.0 Å². The molecule has 2 aliphatic rings. The summed E-state index contributed by atoms with van der Waals surface area (Å²) in [4.78, 5) is 31.2. The highest BCUT2D eigenvalue weighted by atomic mass is 35.5. The van der Waals surface area contributed by atoms with Gasteiger partial charge in [-0.2, -0.15) is 0 Å². The van der Waals surface area contributed by atoms with Crippen LogP contribution in [0.15, 0.2) is 48.8 Å². The first kappa shape index (κ1) is 25.4. The van der Waals surface area contributed by atoms with Crippen LogP contribution in [0, 0.1) is 0 Å². The smallest absolute Gasteiger partial charge is 0.322 e. The normalized spacial score (nSPS) is 24.6. The summed E-state index contributed by atoms with van der Waals surface area (Å²) in [6.45, 7) is 1.02. The molecule has 2 fully saturated rings. The average Bonchev–Trinajstić information content (AvgIpc) is 2.84. The lowest BCUT2D eigenvalue weighted by molar-refractivity contribution is -0.149. The van der Waals surface area contributed by atoms with Gasteiger partial charge in [0.05, 0.1) is 44.4 Å². The molecule has 2 aromatic rings. The van der Waals surface area contributed by atoms with Gasteiger partial charge in [0.2, 0.25) is 5.91 Å². The SMILES string of the molecule is O=C(C[C@H]1CC[C@@H]2[C@H](COC[C@@H](O)CN2C(=O)Nc2ccc(Cl)cc2)O1)NCCc1ccncc1. The van der Waals surface area contributed by atoms with E-state index in [1.807, 2.05) is 12.1 Å². The first-order chi connectivity index (χ1) is 17.0. The molecule has 188 valence electrons. The number of β-amino-alcohol motifs (C(OH)–C–C–N with tert-alkyl or cyclic N) is 1. The van der Waals surface area contributed by atoms with E-state index in [2.05, 4.69) is 15.6 Å². The van der Waals surface area contributed by atoms with Crippen molar-refractivity contribution in [3.8, 4) is 0 Å². The number of aromatic nitrogens is 1. The van der Waals surface area contributed by atoms with Crippen molar-refractivity contribution < 1.29 is 24.2 Å². The summed E-state index contributed by atoms with van der Waals surface area (Å²) in [6, 6.07) is 10.1. The van der Waals surface area contributed by atoms with Gasteiger partial charge in [-0.1, -0.05) is 11.6 Å². The Kier molecular flexibility index (Phi) is 8.92. The molecule has 2 aliphatic heterocycles. The van der Waals surface area contributed by atoms with Crippen LogP contribution in [0.2, 0.25) is 5.02 Å². The Labute approximate surface area is 209 Å². The van der Waals surface area contributed by atoms with Crippen LogP contribution in [-0.4, -0.2) is 77.6 Å². The summed E-state index contributed by atoms with van der Waals surface area (Å²) in [7, 11) is 0. The molecule has 0 aliphatic carbocycles. The Morgan fingerprint density at radius 3 is 2.66 bits per heavy atom. The molecule has 3 heterocycles. The minimum Gasteiger partial charge on any atom is -0.389 e. The van der Waals surface area contributed by atoms with E-state index in [-0.39, 0.29) is 56.4 Å². The first-order valence-electron chi connectivity index (χ1n) is 11.9. The average molecular weight is 503 g/mol. The van der Waals surface area contributed by atoms with Gasteiger partial charge >= 0.3 is 6.03 Å². The fraction of sp³-hybridized carbons (Fsp3) is 0.480. The maximum Gasteiger partial charge on any atom is 0.322 e. The number of aliphatic hydroxyl groups is 1. The zero-order chi connectivity index (χ0) is 24.6. The van der Waals surface area contributed by atoms with Crippen molar-refractivity contribution in [2.75, 3.05) is 31.6 Å². The second-order valence-corrected chi connectivity index (χ2v) is 9.32. The van der Waals surface area contributed by atoms with Gasteiger partial charge in [-0.05, 0) is 61.2 Å². The molecule has 0 saturated carbocycles. The number of nitrogens with zero attached hydrogens (tertiary/aromatic N) is 2. The molecule has 3 N–H and O–H groups in total. The van der Waals surface area contributed by atoms with E-state index < -0.39 is 6.10 Å². The second kappa shape index (κ2) is 12.3. The number of carbonyl (C=O) groups excluding carboxylic acids is 2. The maximum atomic E-state index is 13.1. The predicted octanol–water partition coefficient (Wildman–Crippen LogP) is 2.63. The van der Waals surface area contributed by atoms with Crippen LogP contribution < -0.4 is 10.6 Å². The van der Waals surface area contributed by atoms with E-state index in [4.69, 9.17) is 21.1 Å². The van der Waals surface area contributed by atoms with E-state index >= 15 is 0 Å². The van der Waals surface area contributed by atoms with Gasteiger partial charge in [0.1, 0.15) is 6.10 Å². The standard InChI is InChI=1S/C25H31ClN4O5/c26-18-1-3-19(4-2-18)29-25(33)30-14-20(31)15-34-16-23-22(30)6-5-21(35-23)13-24(32)28-12-9-17-7-10-27-11-8-17/h1-4,7-8,10-11,20-23,31H,5-6,9,12-16H2,(H,28,32)(H,29,33)/t20-,21+,22+,23-/m0/s1. The molecule has 4 rings (SSSR count). The van der Waals surface area contributed by atoms with Crippen LogP contribution >= 0.6 is 11.6 Å². The number of hydrogen-bond acceptors (Lipinski definition) is 6. The number of carbonyl (C=O) groups is 2. The van der Waals surface area contributed by atoms with Gasteiger partial charge in [-0.3, -0.25) is 9.78 Å². The van der Waals surface area contributed by atoms with Crippen LogP contribution in [0.5, 0.6) is 0 Å². The summed E-state index contributed by atoms with van der Waals surface area (Å²) < 4.78 is 11.9. The quantitative estimate of drug-likeness (QED) is 0.559. The van der Waals surface area contributed by atoms with Crippen molar-refractivity contribution in [1.29, 1.82) is 0 Å². The van der Waals surface area contributed by atoms with Crippen LogP contribution in [0.25, 0.3) is 0 Å². The third-order valence-corrected chi connectivity index (χ3v) is 6.49. The predicted molar refractivity (Wildman–Crippen MR) is 131 cm³/mol. The molecular weight excluding hydrogens is 472 g/mol. The van der Waals surface area contributed by atoms with E-state index in [0.717, 1.165) is 12.0 Å². The number of ether oxygens (including phenoxy) is 2. The molecule has 4 atom stereocenters. The van der Waals surface area contributed by atoms with E-state index in [1.54, 1.807) is 41.6 Å². The van der Waals surface area contributed by atoms with Gasteiger partial charge in [0, 0.05) is 29.6 Å². The van der Waals surface area contributed by atoms with Crippen molar-refractivity contribution in [2.24, 2.45) is 0 Å². The number of benzene rings is 1. The van der Waals surface area contributed by atoms with Crippen LogP contribution in [0.3, 0.4) is 0 Å². The van der Waals surface area contributed by atoms with Crippen LogP contribution in [0.4, 0.5) is 10.5 Å². The molecule has 3 amide bonds. The largest absolute Gasteiger partial charge is 0.389 e. The highest BCUT2D eigenvalue weighted by Crippen LogP contribution is 2.28. The second-order valence-electron chi connectivity index (χ2n) is 8.88. The fourth-order valence-electron chi connectivity index (χ4n) is 4.48. The van der Waals surface area contributed by atoms with Gasteiger partial charge in [-0.25, -0.2) is 4.79 Å². The van der Waals surface area contributed by atoms with Gasteiger partial charge in [0.25, 0.3) is 0 Å². The number of amides is 3. The number of urea groups is 1. The third-order valence-electron chi connectivity index (χ3n) is 6.24. The van der Waals surface area contributed by atoms with Gasteiger partial charge < -0.3 is 30.1 Å². The molecule has 0 radical (unpaired) electrons. The Bertz CT molecular complexity index is 978. The Hall–Kier alpha value is -2.72. The number of fused-ring (bicyclic) bond motifs is 1. The number of aliphatic hydroxyl groups excluding tert-OH is 1. The number of anilines is 1. The minimum atomic E-state index is -0.796. The Morgan fingerprint density at radius 2 is 1.89 bits per heavy atom. The van der Waals surface area contributed by atoms with Gasteiger partial charge in [0.15, 0.2) is 0 Å². The minimum absolute atomic E-state index is 0.0676. The summed E-state index contributed by atoms with van der Waals surface area (Å²) in [5.74, 6) is -0.0676. The summed E-state index contributed by atoms with van der Waals surface area (Å²) >= 11 is 5.94. The van der Waals surface area contributed by atoms with Crippen LogP contribution in [0.1, 0.15) is 24.8 Å². The highest BCUT2D eigenvalue weighted by Gasteiger charge is 2.40. The van der Waals surface area contributed by atoms with Crippen molar-refractivity contribution >= 4 is 29.2 Å². The molecule has 1 aromatic carbocycles. The van der Waals surface area contributed by atoms with Gasteiger partial charge in [-0.15, -0.1) is 0 Å². The van der Waals surface area contributed by atoms with E-state index in [1.165, 1.54) is 0 Å². The molecule has 0 bridgehead atoms. The molecule has 35 heavy (non-hydrogen) atoms. The maximum absolute atomic E-state index is 13.1. The lowest BCUT2D eigenvalue weighted by atomic mass is 9.95. The van der Waals surface area contributed by atoms with Crippen molar-refractivity contribution in [3.63, 3.8) is 0 Å².